The highest BCUT2D eigenvalue weighted by molar-refractivity contribution is 5.96. The molecule has 1 rings (SSSR count). The van der Waals surface area contributed by atoms with Crippen LogP contribution in [0, 0.1) is 0 Å². The minimum Gasteiger partial charge on any atom is -0.352 e. The number of halogens is 1. The van der Waals surface area contributed by atoms with Gasteiger partial charge in [-0.1, -0.05) is 0 Å². The Bertz CT molecular complexity index is 217. The zero-order valence-corrected chi connectivity index (χ0v) is 8.18. The normalized spacial score (nSPS) is 20.7. The number of piperazine rings is 1. The van der Waals surface area contributed by atoms with Crippen LogP contribution in [0.4, 0.5) is 4.39 Å². The van der Waals surface area contributed by atoms with Gasteiger partial charge in [-0.3, -0.25) is 4.99 Å². The van der Waals surface area contributed by atoms with Crippen molar-refractivity contribution in [1.29, 1.82) is 0 Å². The Morgan fingerprint density at radius 2 is 2.08 bits per heavy atom. The molecule has 0 amide bonds. The Balaban J connectivity index is 2.66. The lowest BCUT2D eigenvalue weighted by molar-refractivity contribution is 0.351. The second-order valence-electron chi connectivity index (χ2n) is 2.92. The van der Waals surface area contributed by atoms with Crippen molar-refractivity contribution >= 4 is 5.84 Å². The highest BCUT2D eigenvalue weighted by Crippen LogP contribution is 2.06. The minimum absolute atomic E-state index is 0.232. The van der Waals surface area contributed by atoms with Gasteiger partial charge in [0.1, 0.15) is 0 Å². The minimum atomic E-state index is -0.232. The maximum absolute atomic E-state index is 13.2. The van der Waals surface area contributed by atoms with Gasteiger partial charge in [-0.05, 0) is 13.0 Å². The van der Waals surface area contributed by atoms with Gasteiger partial charge in [-0.25, -0.2) is 4.39 Å². The van der Waals surface area contributed by atoms with Crippen molar-refractivity contribution in [1.82, 2.24) is 10.2 Å². The Hall–Kier alpha value is -0.900. The molecule has 0 bridgehead atoms. The number of nitrogens with zero attached hydrogens (tertiary/aromatic N) is 2. The molecular weight excluding hydrogens is 169 g/mol. The Morgan fingerprint density at radius 3 is 2.54 bits per heavy atom. The van der Waals surface area contributed by atoms with Gasteiger partial charge < -0.3 is 10.2 Å². The Kier molecular flexibility index (Phi) is 3.89. The molecule has 0 aromatic carbocycles. The molecule has 0 atom stereocenters. The first-order valence-electron chi connectivity index (χ1n) is 4.54. The van der Waals surface area contributed by atoms with E-state index in [0.717, 1.165) is 26.2 Å². The van der Waals surface area contributed by atoms with Crippen LogP contribution in [0.15, 0.2) is 16.9 Å². The maximum Gasteiger partial charge on any atom is 0.160 e. The predicted octanol–water partition coefficient (Wildman–Crippen LogP) is 0.793. The number of aliphatic imine (C=N–C) groups is 1. The van der Waals surface area contributed by atoms with Crippen molar-refractivity contribution in [3.8, 4) is 0 Å². The van der Waals surface area contributed by atoms with Crippen LogP contribution in [-0.4, -0.2) is 44.0 Å². The number of rotatable bonds is 1. The van der Waals surface area contributed by atoms with Crippen LogP contribution in [-0.2, 0) is 0 Å². The fourth-order valence-corrected chi connectivity index (χ4v) is 1.41. The van der Waals surface area contributed by atoms with Crippen LogP contribution in [0.3, 0.4) is 0 Å². The topological polar surface area (TPSA) is 27.6 Å². The third-order valence-corrected chi connectivity index (χ3v) is 2.10. The van der Waals surface area contributed by atoms with Gasteiger partial charge in [0, 0.05) is 33.2 Å². The number of allylic oxidation sites excluding steroid dienone is 1. The molecule has 1 fully saturated rings. The van der Waals surface area contributed by atoms with Gasteiger partial charge in [-0.2, -0.15) is 0 Å². The van der Waals surface area contributed by atoms with Crippen LogP contribution in [0.2, 0.25) is 0 Å². The molecule has 0 unspecified atom stereocenters. The molecule has 1 aliphatic heterocycles. The van der Waals surface area contributed by atoms with Gasteiger partial charge in [0.05, 0.1) is 0 Å². The van der Waals surface area contributed by atoms with Crippen LogP contribution < -0.4 is 5.32 Å². The highest BCUT2D eigenvalue weighted by Gasteiger charge is 2.16. The SMILES string of the molecule is CC=C(F)C(=NC)N1CCNCC1. The quantitative estimate of drug-likeness (QED) is 0.483. The van der Waals surface area contributed by atoms with Gasteiger partial charge in [-0.15, -0.1) is 0 Å². The summed E-state index contributed by atoms with van der Waals surface area (Å²) < 4.78 is 13.2. The monoisotopic (exact) mass is 185 g/mol. The smallest absolute Gasteiger partial charge is 0.160 e. The first kappa shape index (κ1) is 10.2. The molecule has 0 spiro atoms. The molecule has 4 heteroatoms. The van der Waals surface area contributed by atoms with Gasteiger partial charge in [0.2, 0.25) is 0 Å². The van der Waals surface area contributed by atoms with E-state index in [1.54, 1.807) is 14.0 Å². The van der Waals surface area contributed by atoms with Crippen molar-refractivity contribution in [2.24, 2.45) is 4.99 Å². The summed E-state index contributed by atoms with van der Waals surface area (Å²) in [5, 5.41) is 3.21. The number of amidine groups is 1. The number of nitrogens with one attached hydrogen (secondary N) is 1. The molecule has 0 radical (unpaired) electrons. The van der Waals surface area contributed by atoms with Crippen molar-refractivity contribution in [2.75, 3.05) is 33.2 Å². The van der Waals surface area contributed by atoms with Crippen LogP contribution in [0.1, 0.15) is 6.92 Å². The molecular formula is C9H16FN3. The average Bonchev–Trinajstić information content (AvgIpc) is 2.20. The van der Waals surface area contributed by atoms with E-state index < -0.39 is 0 Å². The molecule has 0 saturated carbocycles. The van der Waals surface area contributed by atoms with E-state index in [2.05, 4.69) is 10.3 Å². The summed E-state index contributed by atoms with van der Waals surface area (Å²) in [5.41, 5.74) is 0. The standard InChI is InChI=1S/C9H16FN3/c1-3-8(10)9(11-2)13-6-4-12-5-7-13/h3,12H,4-7H2,1-2H3. The van der Waals surface area contributed by atoms with E-state index in [4.69, 9.17) is 0 Å². The first-order chi connectivity index (χ1) is 6.29. The van der Waals surface area contributed by atoms with Gasteiger partial charge in [0.25, 0.3) is 0 Å². The van der Waals surface area contributed by atoms with Gasteiger partial charge in [0.15, 0.2) is 11.7 Å². The second-order valence-corrected chi connectivity index (χ2v) is 2.92. The molecule has 1 heterocycles. The zero-order valence-electron chi connectivity index (χ0n) is 8.18. The third kappa shape index (κ3) is 2.52. The third-order valence-electron chi connectivity index (χ3n) is 2.10. The van der Waals surface area contributed by atoms with Crippen LogP contribution >= 0.6 is 0 Å². The fourth-order valence-electron chi connectivity index (χ4n) is 1.41. The molecule has 0 aromatic heterocycles. The van der Waals surface area contributed by atoms with E-state index in [1.165, 1.54) is 6.08 Å². The Labute approximate surface area is 78.3 Å². The molecule has 1 saturated heterocycles. The first-order valence-corrected chi connectivity index (χ1v) is 4.54. The summed E-state index contributed by atoms with van der Waals surface area (Å²) in [6.07, 6.45) is 1.45. The van der Waals surface area contributed by atoms with E-state index in [-0.39, 0.29) is 5.83 Å². The second kappa shape index (κ2) is 4.97. The molecule has 3 nitrogen and oxygen atoms in total. The summed E-state index contributed by atoms with van der Waals surface area (Å²) in [5.74, 6) is 0.244. The highest BCUT2D eigenvalue weighted by atomic mass is 19.1. The van der Waals surface area contributed by atoms with Gasteiger partial charge >= 0.3 is 0 Å². The zero-order chi connectivity index (χ0) is 9.68. The number of hydrogen-bond donors (Lipinski definition) is 1. The average molecular weight is 185 g/mol. The molecule has 1 N–H and O–H groups in total. The van der Waals surface area contributed by atoms with Crippen molar-refractivity contribution in [2.45, 2.75) is 6.92 Å². The summed E-state index contributed by atoms with van der Waals surface area (Å²) in [7, 11) is 1.63. The summed E-state index contributed by atoms with van der Waals surface area (Å²) in [6.45, 7) is 5.14. The molecule has 1 aliphatic rings. The molecule has 0 aromatic rings. The molecule has 0 aliphatic carbocycles. The lowest BCUT2D eigenvalue weighted by atomic mass is 10.3. The van der Waals surface area contributed by atoms with E-state index in [1.807, 2.05) is 4.90 Å². The number of hydrogen-bond acceptors (Lipinski definition) is 2. The summed E-state index contributed by atoms with van der Waals surface area (Å²) >= 11 is 0. The fraction of sp³-hybridized carbons (Fsp3) is 0.667. The Morgan fingerprint density at radius 1 is 1.46 bits per heavy atom. The largest absolute Gasteiger partial charge is 0.352 e. The summed E-state index contributed by atoms with van der Waals surface area (Å²) in [6, 6.07) is 0. The molecule has 74 valence electrons. The lowest BCUT2D eigenvalue weighted by Gasteiger charge is -2.29. The van der Waals surface area contributed by atoms with E-state index >= 15 is 0 Å². The summed E-state index contributed by atoms with van der Waals surface area (Å²) in [4.78, 5) is 5.92. The van der Waals surface area contributed by atoms with Crippen molar-refractivity contribution in [3.63, 3.8) is 0 Å². The lowest BCUT2D eigenvalue weighted by Crippen LogP contribution is -2.46. The van der Waals surface area contributed by atoms with Crippen LogP contribution in [0.5, 0.6) is 0 Å². The maximum atomic E-state index is 13.2. The van der Waals surface area contributed by atoms with Crippen molar-refractivity contribution in [3.05, 3.63) is 11.9 Å². The van der Waals surface area contributed by atoms with E-state index in [0.29, 0.717) is 5.84 Å². The molecule has 13 heavy (non-hydrogen) atoms. The van der Waals surface area contributed by atoms with Crippen molar-refractivity contribution < 1.29 is 4.39 Å². The van der Waals surface area contributed by atoms with Crippen LogP contribution in [0.25, 0.3) is 0 Å². The van der Waals surface area contributed by atoms with E-state index in [9.17, 15) is 4.39 Å². The predicted molar refractivity (Wildman–Crippen MR) is 52.7 cm³/mol.